The van der Waals surface area contributed by atoms with E-state index in [1.54, 1.807) is 47.7 Å². The summed E-state index contributed by atoms with van der Waals surface area (Å²) in [6.07, 6.45) is 7.17. The van der Waals surface area contributed by atoms with Crippen LogP contribution in [0.3, 0.4) is 0 Å². The minimum absolute atomic E-state index is 0.248. The molecule has 6 aromatic heterocycles. The molecule has 0 spiro atoms. The summed E-state index contributed by atoms with van der Waals surface area (Å²) in [4.78, 5) is 77.6. The van der Waals surface area contributed by atoms with Crippen LogP contribution in [0.4, 0.5) is 11.4 Å². The second-order valence-corrected chi connectivity index (χ2v) is 15.2. The number of pyridine rings is 4. The lowest BCUT2D eigenvalue weighted by atomic mass is 10.0. The Balaban J connectivity index is 1.26. The fourth-order valence-corrected chi connectivity index (χ4v) is 7.44. The molecule has 0 aliphatic carbocycles. The smallest absolute Gasteiger partial charge is 0.257 e. The monoisotopic (exact) mass is 764 g/mol. The van der Waals surface area contributed by atoms with E-state index in [0.717, 1.165) is 21.1 Å². The van der Waals surface area contributed by atoms with Crippen molar-refractivity contribution in [2.75, 3.05) is 10.3 Å². The Kier molecular flexibility index (Phi) is 11.4. The average molecular weight is 765 g/mol. The summed E-state index contributed by atoms with van der Waals surface area (Å²) in [7, 11) is 0. The molecule has 0 bridgehead atoms. The predicted octanol–water partition coefficient (Wildman–Crippen LogP) is 5.55. The number of aromatic nitrogens is 6. The summed E-state index contributed by atoms with van der Waals surface area (Å²) in [5.41, 5.74) is 3.53. The van der Waals surface area contributed by atoms with E-state index in [1.165, 1.54) is 22.7 Å². The molecular formula is C38H40N10O4S2. The maximum Gasteiger partial charge on any atom is 0.257 e. The van der Waals surface area contributed by atoms with E-state index in [9.17, 15) is 19.2 Å². The zero-order valence-electron chi connectivity index (χ0n) is 30.4. The zero-order chi connectivity index (χ0) is 38.6. The van der Waals surface area contributed by atoms with Crippen LogP contribution in [0.15, 0.2) is 81.5 Å². The Morgan fingerprint density at radius 1 is 0.815 bits per heavy atom. The van der Waals surface area contributed by atoms with Crippen molar-refractivity contribution in [2.45, 2.75) is 65.5 Å². The third-order valence-corrected chi connectivity index (χ3v) is 10.2. The van der Waals surface area contributed by atoms with Crippen molar-refractivity contribution in [1.82, 2.24) is 35.2 Å². The average Bonchev–Trinajstić information content (AvgIpc) is 3.86. The first-order valence-electron chi connectivity index (χ1n) is 17.3. The van der Waals surface area contributed by atoms with Crippen LogP contribution >= 0.6 is 22.7 Å². The summed E-state index contributed by atoms with van der Waals surface area (Å²) in [6.45, 7) is 9.35. The van der Waals surface area contributed by atoms with Crippen molar-refractivity contribution in [3.63, 3.8) is 0 Å². The van der Waals surface area contributed by atoms with Crippen LogP contribution in [0.2, 0.25) is 0 Å². The van der Waals surface area contributed by atoms with Gasteiger partial charge in [0.15, 0.2) is 0 Å². The standard InChI is InChI=1S/C38H40N10O4S2/c1-6-25-27(16-23(33(50)42-25)29-19-53-36(45-29)21-8-12-40-13-9-21)44-35(52)28(47-38(3,4)5)18-32(49)48(39)31-17-24(34(51)43-26(31)7-2)30-20-54-37(46-30)22-10-14-41-15-11-22/h8-17,19-20,28,47H,6-7,18,39H2,1-5H3,(H,42,50)(H,43,51)(H,44,52). The zero-order valence-corrected chi connectivity index (χ0v) is 32.0. The van der Waals surface area contributed by atoms with E-state index in [4.69, 9.17) is 5.84 Å². The number of hydrogen-bond acceptors (Lipinski definition) is 12. The van der Waals surface area contributed by atoms with Crippen molar-refractivity contribution < 1.29 is 9.59 Å². The number of aromatic amines is 2. The van der Waals surface area contributed by atoms with Gasteiger partial charge in [-0.3, -0.25) is 29.1 Å². The van der Waals surface area contributed by atoms with Crippen LogP contribution in [-0.4, -0.2) is 53.3 Å². The number of rotatable bonds is 12. The summed E-state index contributed by atoms with van der Waals surface area (Å²) < 4.78 is 0. The summed E-state index contributed by atoms with van der Waals surface area (Å²) in [5.74, 6) is 5.42. The highest BCUT2D eigenvalue weighted by Gasteiger charge is 2.30. The van der Waals surface area contributed by atoms with Gasteiger partial charge in [-0.1, -0.05) is 13.8 Å². The molecule has 0 aliphatic rings. The fraction of sp³-hybridized carbons (Fsp3) is 0.263. The number of aryl methyl sites for hydroxylation is 2. The number of carbonyl (C=O) groups is 2. The molecule has 14 nitrogen and oxygen atoms in total. The molecule has 16 heteroatoms. The second kappa shape index (κ2) is 16.1. The van der Waals surface area contributed by atoms with E-state index in [2.05, 4.69) is 40.5 Å². The Bertz CT molecular complexity index is 2400. The molecule has 6 heterocycles. The molecule has 0 fully saturated rings. The molecule has 54 heavy (non-hydrogen) atoms. The van der Waals surface area contributed by atoms with Gasteiger partial charge in [-0.2, -0.15) is 0 Å². The van der Waals surface area contributed by atoms with Gasteiger partial charge in [0.05, 0.1) is 46.4 Å². The van der Waals surface area contributed by atoms with Crippen LogP contribution in [0.5, 0.6) is 0 Å². The molecule has 0 radical (unpaired) electrons. The van der Waals surface area contributed by atoms with Gasteiger partial charge in [-0.15, -0.1) is 22.7 Å². The van der Waals surface area contributed by atoms with Crippen LogP contribution in [0.25, 0.3) is 43.7 Å². The van der Waals surface area contributed by atoms with Crippen LogP contribution in [-0.2, 0) is 22.4 Å². The molecule has 2 amide bonds. The number of H-pyrrole nitrogens is 2. The Labute approximate surface area is 319 Å². The molecular weight excluding hydrogens is 725 g/mol. The Morgan fingerprint density at radius 2 is 1.31 bits per heavy atom. The number of hydrazine groups is 1. The number of thiazole rings is 2. The molecule has 0 saturated carbocycles. The number of nitrogens with one attached hydrogen (secondary N) is 4. The normalized spacial score (nSPS) is 12.0. The predicted molar refractivity (Wildman–Crippen MR) is 213 cm³/mol. The van der Waals surface area contributed by atoms with Crippen molar-refractivity contribution in [1.29, 1.82) is 0 Å². The molecule has 1 atom stereocenters. The molecule has 1 unspecified atom stereocenters. The van der Waals surface area contributed by atoms with E-state index >= 15 is 0 Å². The van der Waals surface area contributed by atoms with Gasteiger partial charge in [0.25, 0.3) is 11.1 Å². The highest BCUT2D eigenvalue weighted by Crippen LogP contribution is 2.31. The van der Waals surface area contributed by atoms with Gasteiger partial charge >= 0.3 is 0 Å². The van der Waals surface area contributed by atoms with E-state index < -0.39 is 23.4 Å². The van der Waals surface area contributed by atoms with Crippen LogP contribution in [0.1, 0.15) is 52.4 Å². The van der Waals surface area contributed by atoms with Gasteiger partial charge < -0.3 is 20.6 Å². The molecule has 0 saturated heterocycles. The number of carbonyl (C=O) groups excluding carboxylic acids is 2. The van der Waals surface area contributed by atoms with Crippen molar-refractivity contribution in [3.8, 4) is 43.7 Å². The highest BCUT2D eigenvalue weighted by molar-refractivity contribution is 7.13. The summed E-state index contributed by atoms with van der Waals surface area (Å²) >= 11 is 2.77. The minimum Gasteiger partial charge on any atom is -0.324 e. The number of nitrogens with zero attached hydrogens (tertiary/aromatic N) is 5. The Morgan fingerprint density at radius 3 is 1.81 bits per heavy atom. The van der Waals surface area contributed by atoms with Gasteiger partial charge in [-0.05, 0) is 70.0 Å². The largest absolute Gasteiger partial charge is 0.324 e. The Hall–Kier alpha value is -5.68. The van der Waals surface area contributed by atoms with Gasteiger partial charge in [-0.25, -0.2) is 20.8 Å². The SMILES string of the molecule is CCc1[nH]c(=O)c(-c2csc(-c3ccncc3)n2)cc1NC(=O)C(CC(=O)N(N)c1cc(-c2csc(-c3ccncc3)n2)c(=O)[nH]c1CC)NC(C)(C)C. The summed E-state index contributed by atoms with van der Waals surface area (Å²) in [5, 5.41) is 12.2. The lowest BCUT2D eigenvalue weighted by Crippen LogP contribution is -2.53. The highest BCUT2D eigenvalue weighted by atomic mass is 32.1. The summed E-state index contributed by atoms with van der Waals surface area (Å²) in [6, 6.07) is 9.47. The van der Waals surface area contributed by atoms with E-state index in [1.807, 2.05) is 58.9 Å². The lowest BCUT2D eigenvalue weighted by Gasteiger charge is -2.29. The maximum atomic E-state index is 14.0. The first kappa shape index (κ1) is 38.1. The van der Waals surface area contributed by atoms with Crippen molar-refractivity contribution >= 4 is 45.9 Å². The second-order valence-electron chi connectivity index (χ2n) is 13.4. The maximum absolute atomic E-state index is 14.0. The van der Waals surface area contributed by atoms with E-state index in [0.29, 0.717) is 52.0 Å². The molecule has 0 aliphatic heterocycles. The van der Waals surface area contributed by atoms with Gasteiger partial charge in [0.2, 0.25) is 11.8 Å². The third kappa shape index (κ3) is 8.58. The molecule has 6 N–H and O–H groups in total. The first-order chi connectivity index (χ1) is 25.8. The first-order valence-corrected chi connectivity index (χ1v) is 19.0. The number of hydrogen-bond donors (Lipinski definition) is 5. The minimum atomic E-state index is -1.03. The topological polar surface area (TPSA) is 205 Å². The molecule has 0 aromatic carbocycles. The van der Waals surface area contributed by atoms with E-state index in [-0.39, 0.29) is 28.7 Å². The number of anilines is 2. The van der Waals surface area contributed by atoms with Gasteiger partial charge in [0, 0.05) is 63.6 Å². The fourth-order valence-electron chi connectivity index (χ4n) is 5.79. The van der Waals surface area contributed by atoms with Crippen molar-refractivity contribution in [2.24, 2.45) is 5.84 Å². The van der Waals surface area contributed by atoms with Crippen LogP contribution in [0, 0.1) is 0 Å². The van der Waals surface area contributed by atoms with Crippen molar-refractivity contribution in [3.05, 3.63) is 104 Å². The third-order valence-electron chi connectivity index (χ3n) is 8.43. The van der Waals surface area contributed by atoms with Crippen LogP contribution < -0.4 is 32.6 Å². The lowest BCUT2D eigenvalue weighted by molar-refractivity contribution is -0.124. The molecule has 6 aromatic rings. The quantitative estimate of drug-likeness (QED) is 0.0597. The number of amides is 2. The number of nitrogens with two attached hydrogens (primary N) is 1. The molecule has 278 valence electrons. The molecule has 6 rings (SSSR count). The van der Waals surface area contributed by atoms with Gasteiger partial charge in [0.1, 0.15) is 10.0 Å².